The first-order valence-electron chi connectivity index (χ1n) is 9.05. The maximum Gasteiger partial charge on any atom is 0.183 e. The number of aromatic nitrogens is 1. The topological polar surface area (TPSA) is 31.4 Å². The van der Waals surface area contributed by atoms with Crippen molar-refractivity contribution in [1.29, 1.82) is 0 Å². The van der Waals surface area contributed by atoms with Gasteiger partial charge in [-0.2, -0.15) is 0 Å². The van der Waals surface area contributed by atoms with Crippen molar-refractivity contribution in [1.82, 2.24) is 14.8 Å². The van der Waals surface area contributed by atoms with Gasteiger partial charge in [0.15, 0.2) is 5.13 Å². The number of thiazole rings is 1. The van der Waals surface area contributed by atoms with Crippen LogP contribution in [0.15, 0.2) is 48.5 Å². The average molecular weight is 370 g/mol. The molecule has 1 N–H and O–H groups in total. The lowest BCUT2D eigenvalue weighted by molar-refractivity contribution is 0.130. The van der Waals surface area contributed by atoms with Gasteiger partial charge in [0, 0.05) is 45.8 Å². The SMILES string of the molecule is Fc1ccc2nc(NCCN3CCN(Cc4ccccc4)CC3)sc2c1. The quantitative estimate of drug-likeness (QED) is 0.717. The van der Waals surface area contributed by atoms with E-state index in [1.807, 2.05) is 0 Å². The highest BCUT2D eigenvalue weighted by Crippen LogP contribution is 2.26. The Hall–Kier alpha value is -2.02. The Bertz CT molecular complexity index is 843. The zero-order valence-corrected chi connectivity index (χ0v) is 15.5. The van der Waals surface area contributed by atoms with Crippen molar-refractivity contribution in [2.45, 2.75) is 6.54 Å². The summed E-state index contributed by atoms with van der Waals surface area (Å²) in [6.07, 6.45) is 0. The summed E-state index contributed by atoms with van der Waals surface area (Å²) in [4.78, 5) is 9.51. The molecule has 0 amide bonds. The number of piperazine rings is 1. The molecule has 6 heteroatoms. The lowest BCUT2D eigenvalue weighted by atomic mass is 10.2. The van der Waals surface area contributed by atoms with Gasteiger partial charge in [0.05, 0.1) is 10.2 Å². The van der Waals surface area contributed by atoms with Crippen molar-refractivity contribution in [2.24, 2.45) is 0 Å². The van der Waals surface area contributed by atoms with Gasteiger partial charge >= 0.3 is 0 Å². The van der Waals surface area contributed by atoms with Crippen molar-refractivity contribution in [3.05, 3.63) is 59.9 Å². The van der Waals surface area contributed by atoms with Crippen LogP contribution in [0.2, 0.25) is 0 Å². The molecule has 0 radical (unpaired) electrons. The third-order valence-corrected chi connectivity index (χ3v) is 5.74. The van der Waals surface area contributed by atoms with Gasteiger partial charge in [0.1, 0.15) is 5.82 Å². The molecule has 1 aromatic heterocycles. The maximum absolute atomic E-state index is 13.3. The molecule has 0 atom stereocenters. The summed E-state index contributed by atoms with van der Waals surface area (Å²) in [6, 6.07) is 15.4. The third-order valence-electron chi connectivity index (χ3n) is 4.77. The van der Waals surface area contributed by atoms with Crippen LogP contribution in [-0.2, 0) is 6.54 Å². The second-order valence-electron chi connectivity index (χ2n) is 6.66. The highest BCUT2D eigenvalue weighted by molar-refractivity contribution is 7.22. The molecule has 4 nitrogen and oxygen atoms in total. The van der Waals surface area contributed by atoms with E-state index >= 15 is 0 Å². The van der Waals surface area contributed by atoms with Crippen molar-refractivity contribution < 1.29 is 4.39 Å². The van der Waals surface area contributed by atoms with Crippen molar-refractivity contribution in [2.75, 3.05) is 44.6 Å². The number of halogens is 1. The minimum atomic E-state index is -0.207. The van der Waals surface area contributed by atoms with Crippen LogP contribution in [0.25, 0.3) is 10.2 Å². The van der Waals surface area contributed by atoms with Crippen molar-refractivity contribution in [3.8, 4) is 0 Å². The molecule has 1 aliphatic heterocycles. The summed E-state index contributed by atoms with van der Waals surface area (Å²) in [5.41, 5.74) is 2.24. The maximum atomic E-state index is 13.3. The minimum absolute atomic E-state index is 0.207. The van der Waals surface area contributed by atoms with E-state index in [0.717, 1.165) is 61.2 Å². The van der Waals surface area contributed by atoms with E-state index < -0.39 is 0 Å². The molecule has 3 aromatic rings. The van der Waals surface area contributed by atoms with Crippen molar-refractivity contribution in [3.63, 3.8) is 0 Å². The Balaban J connectivity index is 1.21. The lowest BCUT2D eigenvalue weighted by Crippen LogP contribution is -2.47. The first-order valence-corrected chi connectivity index (χ1v) is 9.86. The van der Waals surface area contributed by atoms with Gasteiger partial charge in [-0.3, -0.25) is 9.80 Å². The second-order valence-corrected chi connectivity index (χ2v) is 7.69. The fraction of sp³-hybridized carbons (Fsp3) is 0.350. The Morgan fingerprint density at radius 1 is 1.00 bits per heavy atom. The normalized spacial score (nSPS) is 16.2. The standard InChI is InChI=1S/C20H23FN4S/c21-17-6-7-18-19(14-17)26-20(23-18)22-8-9-24-10-12-25(13-11-24)15-16-4-2-1-3-5-16/h1-7,14H,8-13,15H2,(H,22,23). The Morgan fingerprint density at radius 2 is 1.77 bits per heavy atom. The van der Waals surface area contributed by atoms with E-state index in [1.165, 1.54) is 23.0 Å². The molecule has 4 rings (SSSR count). The monoisotopic (exact) mass is 370 g/mol. The molecule has 0 bridgehead atoms. The highest BCUT2D eigenvalue weighted by atomic mass is 32.1. The number of fused-ring (bicyclic) bond motifs is 1. The largest absolute Gasteiger partial charge is 0.360 e. The molecule has 0 aliphatic carbocycles. The summed E-state index contributed by atoms with van der Waals surface area (Å²) in [7, 11) is 0. The number of hydrogen-bond acceptors (Lipinski definition) is 5. The van der Waals surface area contributed by atoms with E-state index in [4.69, 9.17) is 0 Å². The second kappa shape index (κ2) is 8.12. The predicted octanol–water partition coefficient (Wildman–Crippen LogP) is 3.67. The summed E-state index contributed by atoms with van der Waals surface area (Å²) in [5, 5.41) is 4.25. The van der Waals surface area contributed by atoms with E-state index in [9.17, 15) is 4.39 Å². The van der Waals surface area contributed by atoms with E-state index in [-0.39, 0.29) is 5.82 Å². The predicted molar refractivity (Wildman–Crippen MR) is 106 cm³/mol. The molecule has 2 aromatic carbocycles. The fourth-order valence-electron chi connectivity index (χ4n) is 3.31. The van der Waals surface area contributed by atoms with Gasteiger partial charge in [-0.05, 0) is 23.8 Å². The molecule has 136 valence electrons. The van der Waals surface area contributed by atoms with Gasteiger partial charge in [0.25, 0.3) is 0 Å². The zero-order chi connectivity index (χ0) is 17.8. The summed E-state index contributed by atoms with van der Waals surface area (Å²) in [6.45, 7) is 7.31. The molecular formula is C20H23FN4S. The van der Waals surface area contributed by atoms with Crippen LogP contribution in [0.1, 0.15) is 5.56 Å². The molecule has 1 saturated heterocycles. The number of nitrogens with zero attached hydrogens (tertiary/aromatic N) is 3. The van der Waals surface area contributed by atoms with Gasteiger partial charge in [-0.1, -0.05) is 41.7 Å². The van der Waals surface area contributed by atoms with Gasteiger partial charge in [-0.15, -0.1) is 0 Å². The molecule has 2 heterocycles. The van der Waals surface area contributed by atoms with E-state index in [1.54, 1.807) is 12.1 Å². The van der Waals surface area contributed by atoms with Gasteiger partial charge in [0.2, 0.25) is 0 Å². The number of anilines is 1. The number of nitrogens with one attached hydrogen (secondary N) is 1. The Labute approximate surface area is 157 Å². The van der Waals surface area contributed by atoms with Crippen LogP contribution in [0, 0.1) is 5.82 Å². The van der Waals surface area contributed by atoms with E-state index in [0.29, 0.717) is 0 Å². The first-order chi connectivity index (χ1) is 12.8. The highest BCUT2D eigenvalue weighted by Gasteiger charge is 2.16. The zero-order valence-electron chi connectivity index (χ0n) is 14.7. The fourth-order valence-corrected chi connectivity index (χ4v) is 4.22. The number of benzene rings is 2. The van der Waals surface area contributed by atoms with E-state index in [2.05, 4.69) is 50.4 Å². The summed E-state index contributed by atoms with van der Waals surface area (Å²) in [5.74, 6) is -0.207. The average Bonchev–Trinajstić information content (AvgIpc) is 3.06. The van der Waals surface area contributed by atoms with Crippen molar-refractivity contribution >= 4 is 26.7 Å². The molecule has 1 fully saturated rings. The molecule has 0 unspecified atom stereocenters. The Kier molecular flexibility index (Phi) is 5.43. The Morgan fingerprint density at radius 3 is 2.58 bits per heavy atom. The molecule has 0 saturated carbocycles. The number of hydrogen-bond donors (Lipinski definition) is 1. The summed E-state index contributed by atoms with van der Waals surface area (Å²) >= 11 is 1.51. The van der Waals surface area contributed by atoms with Crippen LogP contribution >= 0.6 is 11.3 Å². The molecule has 0 spiro atoms. The molecular weight excluding hydrogens is 347 g/mol. The first kappa shape index (κ1) is 17.4. The van der Waals surface area contributed by atoms with Crippen LogP contribution in [-0.4, -0.2) is 54.1 Å². The van der Waals surface area contributed by atoms with Gasteiger partial charge in [-0.25, -0.2) is 9.37 Å². The number of rotatable bonds is 6. The molecule has 26 heavy (non-hydrogen) atoms. The van der Waals surface area contributed by atoms with Gasteiger partial charge < -0.3 is 5.32 Å². The lowest BCUT2D eigenvalue weighted by Gasteiger charge is -2.34. The summed E-state index contributed by atoms with van der Waals surface area (Å²) < 4.78 is 14.1. The van der Waals surface area contributed by atoms with Crippen LogP contribution < -0.4 is 5.32 Å². The van der Waals surface area contributed by atoms with Crippen LogP contribution in [0.4, 0.5) is 9.52 Å². The molecule has 1 aliphatic rings. The minimum Gasteiger partial charge on any atom is -0.360 e. The smallest absolute Gasteiger partial charge is 0.183 e. The third kappa shape index (κ3) is 4.38. The van der Waals surface area contributed by atoms with Crippen LogP contribution in [0.3, 0.4) is 0 Å². The van der Waals surface area contributed by atoms with Crippen LogP contribution in [0.5, 0.6) is 0 Å².